The highest BCUT2D eigenvalue weighted by molar-refractivity contribution is 5.30. The van der Waals surface area contributed by atoms with Gasteiger partial charge in [0.05, 0.1) is 0 Å². The van der Waals surface area contributed by atoms with E-state index in [4.69, 9.17) is 0 Å². The van der Waals surface area contributed by atoms with Crippen LogP contribution in [0.1, 0.15) is 42.0 Å². The Morgan fingerprint density at radius 2 is 2.05 bits per heavy atom. The maximum atomic E-state index is 10.3. The van der Waals surface area contributed by atoms with E-state index in [2.05, 4.69) is 44.0 Å². The summed E-state index contributed by atoms with van der Waals surface area (Å²) in [5.74, 6) is 0.764. The Morgan fingerprint density at radius 1 is 1.26 bits per heavy atom. The van der Waals surface area contributed by atoms with Gasteiger partial charge in [-0.15, -0.1) is 0 Å². The minimum absolute atomic E-state index is 0.538. The largest absolute Gasteiger partial charge is 0.385 e. The molecule has 0 aliphatic rings. The van der Waals surface area contributed by atoms with E-state index in [0.717, 1.165) is 24.4 Å². The van der Waals surface area contributed by atoms with Crippen LogP contribution in [0, 0.1) is 13.8 Å². The van der Waals surface area contributed by atoms with E-state index in [1.54, 1.807) is 6.20 Å². The third-order valence-corrected chi connectivity index (χ3v) is 3.51. The number of hydrogen-bond acceptors (Lipinski definition) is 2. The lowest BCUT2D eigenvalue weighted by molar-refractivity contribution is 0.163. The number of rotatable bonds is 5. The van der Waals surface area contributed by atoms with Crippen LogP contribution in [-0.2, 0) is 13.0 Å². The first-order valence-electron chi connectivity index (χ1n) is 6.87. The fraction of sp³-hybridized carbons (Fsp3) is 0.438. The summed E-state index contributed by atoms with van der Waals surface area (Å²) < 4.78 is 2.03. The first-order chi connectivity index (χ1) is 9.11. The number of aromatic nitrogens is 2. The molecule has 0 amide bonds. The van der Waals surface area contributed by atoms with Crippen molar-refractivity contribution in [3.8, 4) is 0 Å². The van der Waals surface area contributed by atoms with Gasteiger partial charge in [-0.1, -0.05) is 25.1 Å². The predicted molar refractivity (Wildman–Crippen MR) is 77.1 cm³/mol. The minimum atomic E-state index is -0.538. The first-order valence-corrected chi connectivity index (χ1v) is 6.87. The predicted octanol–water partition coefficient (Wildman–Crippen LogP) is 3.19. The zero-order chi connectivity index (χ0) is 13.8. The first kappa shape index (κ1) is 13.8. The van der Waals surface area contributed by atoms with Crippen LogP contribution in [0.3, 0.4) is 0 Å². The summed E-state index contributed by atoms with van der Waals surface area (Å²) in [6.07, 6.45) is 4.81. The van der Waals surface area contributed by atoms with Crippen molar-refractivity contribution in [2.24, 2.45) is 0 Å². The van der Waals surface area contributed by atoms with Gasteiger partial charge in [-0.05, 0) is 37.0 Å². The molecule has 3 heteroatoms. The van der Waals surface area contributed by atoms with E-state index in [-0.39, 0.29) is 0 Å². The molecule has 0 aliphatic heterocycles. The summed E-state index contributed by atoms with van der Waals surface area (Å²) in [4.78, 5) is 4.28. The van der Waals surface area contributed by atoms with Crippen molar-refractivity contribution in [3.63, 3.8) is 0 Å². The summed E-state index contributed by atoms with van der Waals surface area (Å²) in [6.45, 7) is 7.23. The van der Waals surface area contributed by atoms with Gasteiger partial charge in [0.1, 0.15) is 11.9 Å². The number of imidazole rings is 1. The molecule has 1 atom stereocenters. The molecule has 1 unspecified atom stereocenters. The fourth-order valence-corrected chi connectivity index (χ4v) is 2.29. The number of aryl methyl sites for hydroxylation is 3. The van der Waals surface area contributed by atoms with Crippen molar-refractivity contribution in [1.82, 2.24) is 9.55 Å². The summed E-state index contributed by atoms with van der Waals surface area (Å²) in [6, 6.07) is 6.33. The van der Waals surface area contributed by atoms with Crippen LogP contribution in [0.4, 0.5) is 0 Å². The van der Waals surface area contributed by atoms with Crippen molar-refractivity contribution in [3.05, 3.63) is 53.1 Å². The number of hydrogen-bond donors (Lipinski definition) is 1. The molecule has 3 nitrogen and oxygen atoms in total. The van der Waals surface area contributed by atoms with Gasteiger partial charge in [0.15, 0.2) is 0 Å². The Bertz CT molecular complexity index is 545. The zero-order valence-electron chi connectivity index (χ0n) is 11.9. The molecule has 1 aromatic heterocycles. The molecule has 1 N–H and O–H groups in total. The van der Waals surface area contributed by atoms with Gasteiger partial charge in [-0.25, -0.2) is 4.98 Å². The van der Waals surface area contributed by atoms with Gasteiger partial charge < -0.3 is 9.67 Å². The Kier molecular flexibility index (Phi) is 4.38. The molecule has 0 fully saturated rings. The van der Waals surface area contributed by atoms with Crippen molar-refractivity contribution >= 4 is 0 Å². The fourth-order valence-electron chi connectivity index (χ4n) is 2.29. The van der Waals surface area contributed by atoms with E-state index in [0.29, 0.717) is 6.42 Å². The SMILES string of the molecule is CCCn1ccnc1C(O)Cc1ccc(C)c(C)c1. The Morgan fingerprint density at radius 3 is 2.74 bits per heavy atom. The minimum Gasteiger partial charge on any atom is -0.385 e. The molecule has 0 aliphatic carbocycles. The number of benzene rings is 1. The van der Waals surface area contributed by atoms with Gasteiger partial charge >= 0.3 is 0 Å². The maximum Gasteiger partial charge on any atom is 0.137 e. The Balaban J connectivity index is 2.13. The molecule has 1 heterocycles. The molecule has 2 aromatic rings. The molecular formula is C16H22N2O. The second kappa shape index (κ2) is 6.02. The van der Waals surface area contributed by atoms with Crippen LogP contribution in [0.15, 0.2) is 30.6 Å². The van der Waals surface area contributed by atoms with Gasteiger partial charge in [-0.2, -0.15) is 0 Å². The van der Waals surface area contributed by atoms with Crippen LogP contribution in [0.2, 0.25) is 0 Å². The van der Waals surface area contributed by atoms with Crippen molar-refractivity contribution in [2.75, 3.05) is 0 Å². The maximum absolute atomic E-state index is 10.3. The zero-order valence-corrected chi connectivity index (χ0v) is 11.9. The molecule has 19 heavy (non-hydrogen) atoms. The smallest absolute Gasteiger partial charge is 0.137 e. The molecule has 0 saturated carbocycles. The molecule has 0 spiro atoms. The molecule has 102 valence electrons. The lowest BCUT2D eigenvalue weighted by Gasteiger charge is -2.13. The molecule has 2 rings (SSSR count). The summed E-state index contributed by atoms with van der Waals surface area (Å²) in [5.41, 5.74) is 3.70. The third kappa shape index (κ3) is 3.24. The van der Waals surface area contributed by atoms with Crippen molar-refractivity contribution < 1.29 is 5.11 Å². The molecule has 0 bridgehead atoms. The monoisotopic (exact) mass is 258 g/mol. The Labute approximate surface area is 114 Å². The molecule has 0 saturated heterocycles. The quantitative estimate of drug-likeness (QED) is 0.894. The van der Waals surface area contributed by atoms with E-state index in [9.17, 15) is 5.11 Å². The van der Waals surface area contributed by atoms with E-state index in [1.165, 1.54) is 11.1 Å². The summed E-state index contributed by atoms with van der Waals surface area (Å²) in [7, 11) is 0. The third-order valence-electron chi connectivity index (χ3n) is 3.51. The standard InChI is InChI=1S/C16H22N2O/c1-4-8-18-9-7-17-16(18)15(19)11-14-6-5-12(2)13(3)10-14/h5-7,9-10,15,19H,4,8,11H2,1-3H3. The van der Waals surface area contributed by atoms with E-state index in [1.807, 2.05) is 10.8 Å². The van der Waals surface area contributed by atoms with Crippen LogP contribution in [-0.4, -0.2) is 14.7 Å². The molecule has 0 radical (unpaired) electrons. The molecular weight excluding hydrogens is 236 g/mol. The van der Waals surface area contributed by atoms with E-state index >= 15 is 0 Å². The summed E-state index contributed by atoms with van der Waals surface area (Å²) >= 11 is 0. The normalized spacial score (nSPS) is 12.6. The number of nitrogens with zero attached hydrogens (tertiary/aromatic N) is 2. The van der Waals surface area contributed by atoms with Gasteiger partial charge in [0.25, 0.3) is 0 Å². The molecule has 1 aromatic carbocycles. The van der Waals surface area contributed by atoms with Crippen LogP contribution >= 0.6 is 0 Å². The van der Waals surface area contributed by atoms with Crippen molar-refractivity contribution in [2.45, 2.75) is 46.3 Å². The highest BCUT2D eigenvalue weighted by atomic mass is 16.3. The van der Waals surface area contributed by atoms with Gasteiger partial charge in [0.2, 0.25) is 0 Å². The average Bonchev–Trinajstić information content (AvgIpc) is 2.83. The lowest BCUT2D eigenvalue weighted by Crippen LogP contribution is -2.11. The van der Waals surface area contributed by atoms with Gasteiger partial charge in [-0.3, -0.25) is 0 Å². The van der Waals surface area contributed by atoms with Crippen LogP contribution in [0.5, 0.6) is 0 Å². The topological polar surface area (TPSA) is 38.0 Å². The Hall–Kier alpha value is -1.61. The second-order valence-electron chi connectivity index (χ2n) is 5.12. The number of aliphatic hydroxyl groups is 1. The van der Waals surface area contributed by atoms with Crippen LogP contribution < -0.4 is 0 Å². The average molecular weight is 258 g/mol. The van der Waals surface area contributed by atoms with Gasteiger partial charge in [0, 0.05) is 25.4 Å². The second-order valence-corrected chi connectivity index (χ2v) is 5.12. The highest BCUT2D eigenvalue weighted by Gasteiger charge is 2.14. The van der Waals surface area contributed by atoms with E-state index < -0.39 is 6.10 Å². The lowest BCUT2D eigenvalue weighted by atomic mass is 10.0. The number of aliphatic hydroxyl groups excluding tert-OH is 1. The summed E-state index contributed by atoms with van der Waals surface area (Å²) in [5, 5.41) is 10.3. The van der Waals surface area contributed by atoms with Crippen molar-refractivity contribution in [1.29, 1.82) is 0 Å². The van der Waals surface area contributed by atoms with Crippen LogP contribution in [0.25, 0.3) is 0 Å². The highest BCUT2D eigenvalue weighted by Crippen LogP contribution is 2.19.